The first kappa shape index (κ1) is 13.1. The average molecular weight is 248 g/mol. The van der Waals surface area contributed by atoms with Gasteiger partial charge in [-0.15, -0.1) is 0 Å². The summed E-state index contributed by atoms with van der Waals surface area (Å²) < 4.78 is 0. The van der Waals surface area contributed by atoms with Crippen molar-refractivity contribution in [2.75, 3.05) is 43.4 Å². The molecule has 1 aliphatic rings. The fourth-order valence-electron chi connectivity index (χ4n) is 2.34. The number of pyridine rings is 1. The number of aromatic nitrogens is 1. The van der Waals surface area contributed by atoms with Gasteiger partial charge in [0.2, 0.25) is 0 Å². The third kappa shape index (κ3) is 4.18. The molecule has 1 saturated heterocycles. The van der Waals surface area contributed by atoms with Gasteiger partial charge in [-0.2, -0.15) is 0 Å². The van der Waals surface area contributed by atoms with Crippen LogP contribution in [0.15, 0.2) is 18.2 Å². The first-order valence-corrected chi connectivity index (χ1v) is 7.05. The normalized spacial score (nSPS) is 16.5. The Bertz CT molecular complexity index is 347. The quantitative estimate of drug-likeness (QED) is 0.811. The number of hydrogen-bond donors (Lipinski definition) is 2. The minimum atomic E-state index is 0.907. The number of rotatable bonds is 6. The summed E-state index contributed by atoms with van der Waals surface area (Å²) in [6, 6.07) is 6.06. The number of piperidine rings is 1. The first-order chi connectivity index (χ1) is 8.88. The Kier molecular flexibility index (Phi) is 5.27. The number of nitrogens with one attached hydrogen (secondary N) is 2. The fraction of sp³-hybridized carbons (Fsp3) is 0.643. The molecular weight excluding hydrogens is 224 g/mol. The predicted molar refractivity (Wildman–Crippen MR) is 77.2 cm³/mol. The minimum Gasteiger partial charge on any atom is -0.370 e. The van der Waals surface area contributed by atoms with Crippen molar-refractivity contribution < 1.29 is 0 Å². The van der Waals surface area contributed by atoms with E-state index >= 15 is 0 Å². The highest BCUT2D eigenvalue weighted by Crippen LogP contribution is 2.10. The molecule has 0 unspecified atom stereocenters. The van der Waals surface area contributed by atoms with E-state index < -0.39 is 0 Å². The monoisotopic (exact) mass is 248 g/mol. The van der Waals surface area contributed by atoms with E-state index in [1.807, 2.05) is 18.2 Å². The summed E-state index contributed by atoms with van der Waals surface area (Å²) in [7, 11) is 0. The van der Waals surface area contributed by atoms with Gasteiger partial charge >= 0.3 is 0 Å². The maximum Gasteiger partial charge on any atom is 0.128 e. The summed E-state index contributed by atoms with van der Waals surface area (Å²) >= 11 is 0. The van der Waals surface area contributed by atoms with E-state index in [1.165, 1.54) is 32.4 Å². The standard InChI is InChI=1S/C14H24N4/c1-2-15-13-7-6-8-14(17-13)16-9-12-18-10-4-3-5-11-18/h6-8H,2-5,9-12H2,1H3,(H2,15,16,17). The van der Waals surface area contributed by atoms with Crippen molar-refractivity contribution in [1.82, 2.24) is 9.88 Å². The van der Waals surface area contributed by atoms with E-state index in [0.29, 0.717) is 0 Å². The number of hydrogen-bond acceptors (Lipinski definition) is 4. The molecule has 4 heteroatoms. The Morgan fingerprint density at radius 2 is 1.83 bits per heavy atom. The number of anilines is 2. The van der Waals surface area contributed by atoms with E-state index in [-0.39, 0.29) is 0 Å². The molecule has 2 N–H and O–H groups in total. The number of nitrogens with zero attached hydrogens (tertiary/aromatic N) is 2. The van der Waals surface area contributed by atoms with Gasteiger partial charge in [0, 0.05) is 19.6 Å². The molecule has 1 aliphatic heterocycles. The predicted octanol–water partition coefficient (Wildman–Crippen LogP) is 2.41. The molecule has 1 aromatic heterocycles. The van der Waals surface area contributed by atoms with Crippen LogP contribution in [0.3, 0.4) is 0 Å². The van der Waals surface area contributed by atoms with Gasteiger partial charge in [-0.05, 0) is 45.0 Å². The molecule has 0 atom stereocenters. The van der Waals surface area contributed by atoms with Crippen molar-refractivity contribution in [2.45, 2.75) is 26.2 Å². The fourth-order valence-corrected chi connectivity index (χ4v) is 2.34. The molecule has 0 bridgehead atoms. The highest BCUT2D eigenvalue weighted by Gasteiger charge is 2.08. The van der Waals surface area contributed by atoms with Gasteiger partial charge in [0.15, 0.2) is 0 Å². The molecule has 100 valence electrons. The maximum absolute atomic E-state index is 4.50. The molecule has 0 radical (unpaired) electrons. The Morgan fingerprint density at radius 3 is 2.56 bits per heavy atom. The summed E-state index contributed by atoms with van der Waals surface area (Å²) in [4.78, 5) is 7.04. The van der Waals surface area contributed by atoms with Crippen LogP contribution in [0, 0.1) is 0 Å². The lowest BCUT2D eigenvalue weighted by Gasteiger charge is -2.26. The van der Waals surface area contributed by atoms with Crippen LogP contribution in [0.2, 0.25) is 0 Å². The Balaban J connectivity index is 1.73. The largest absolute Gasteiger partial charge is 0.370 e. The van der Waals surface area contributed by atoms with Crippen molar-refractivity contribution in [3.63, 3.8) is 0 Å². The summed E-state index contributed by atoms with van der Waals surface area (Å²) in [5.41, 5.74) is 0. The molecule has 2 rings (SSSR count). The Morgan fingerprint density at radius 1 is 1.11 bits per heavy atom. The zero-order valence-electron chi connectivity index (χ0n) is 11.3. The van der Waals surface area contributed by atoms with E-state index in [2.05, 4.69) is 27.4 Å². The molecule has 0 spiro atoms. The molecule has 2 heterocycles. The van der Waals surface area contributed by atoms with Crippen molar-refractivity contribution >= 4 is 11.6 Å². The first-order valence-electron chi connectivity index (χ1n) is 7.05. The molecular formula is C14H24N4. The third-order valence-electron chi connectivity index (χ3n) is 3.29. The summed E-state index contributed by atoms with van der Waals surface area (Å²) in [5, 5.41) is 6.62. The van der Waals surface area contributed by atoms with Gasteiger partial charge in [-0.1, -0.05) is 12.5 Å². The van der Waals surface area contributed by atoms with Gasteiger partial charge in [0.25, 0.3) is 0 Å². The van der Waals surface area contributed by atoms with E-state index in [9.17, 15) is 0 Å². The minimum absolute atomic E-state index is 0.907. The molecule has 18 heavy (non-hydrogen) atoms. The SMILES string of the molecule is CCNc1cccc(NCCN2CCCCC2)n1. The lowest BCUT2D eigenvalue weighted by molar-refractivity contribution is 0.237. The molecule has 0 amide bonds. The highest BCUT2D eigenvalue weighted by atomic mass is 15.1. The Hall–Kier alpha value is -1.29. The molecule has 1 fully saturated rings. The van der Waals surface area contributed by atoms with Gasteiger partial charge in [-0.25, -0.2) is 4.98 Å². The topological polar surface area (TPSA) is 40.2 Å². The third-order valence-corrected chi connectivity index (χ3v) is 3.29. The second-order valence-electron chi connectivity index (χ2n) is 4.77. The molecule has 0 aromatic carbocycles. The van der Waals surface area contributed by atoms with Gasteiger partial charge < -0.3 is 15.5 Å². The van der Waals surface area contributed by atoms with E-state index in [0.717, 1.165) is 31.3 Å². The lowest BCUT2D eigenvalue weighted by atomic mass is 10.1. The van der Waals surface area contributed by atoms with Crippen molar-refractivity contribution in [2.24, 2.45) is 0 Å². The second kappa shape index (κ2) is 7.21. The van der Waals surface area contributed by atoms with Crippen LogP contribution < -0.4 is 10.6 Å². The second-order valence-corrected chi connectivity index (χ2v) is 4.77. The van der Waals surface area contributed by atoms with Crippen LogP contribution in [-0.4, -0.2) is 42.6 Å². The van der Waals surface area contributed by atoms with Crippen molar-refractivity contribution in [1.29, 1.82) is 0 Å². The van der Waals surface area contributed by atoms with E-state index in [1.54, 1.807) is 0 Å². The average Bonchev–Trinajstić information content (AvgIpc) is 2.41. The van der Waals surface area contributed by atoms with Crippen molar-refractivity contribution in [3.8, 4) is 0 Å². The molecule has 4 nitrogen and oxygen atoms in total. The molecule has 0 saturated carbocycles. The zero-order chi connectivity index (χ0) is 12.6. The van der Waals surface area contributed by atoms with Crippen LogP contribution in [0.5, 0.6) is 0 Å². The van der Waals surface area contributed by atoms with Crippen LogP contribution >= 0.6 is 0 Å². The summed E-state index contributed by atoms with van der Waals surface area (Å²) in [5.74, 6) is 1.91. The van der Waals surface area contributed by atoms with E-state index in [4.69, 9.17) is 0 Å². The maximum atomic E-state index is 4.50. The lowest BCUT2D eigenvalue weighted by Crippen LogP contribution is -2.33. The number of likely N-dealkylation sites (tertiary alicyclic amines) is 1. The van der Waals surface area contributed by atoms with Crippen molar-refractivity contribution in [3.05, 3.63) is 18.2 Å². The van der Waals surface area contributed by atoms with Gasteiger partial charge in [0.05, 0.1) is 0 Å². The highest BCUT2D eigenvalue weighted by molar-refractivity contribution is 5.44. The molecule has 0 aliphatic carbocycles. The van der Waals surface area contributed by atoms with Gasteiger partial charge in [0.1, 0.15) is 11.6 Å². The molecule has 1 aromatic rings. The summed E-state index contributed by atoms with van der Waals surface area (Å²) in [6.45, 7) is 7.59. The van der Waals surface area contributed by atoms with Crippen LogP contribution in [0.4, 0.5) is 11.6 Å². The smallest absolute Gasteiger partial charge is 0.128 e. The van der Waals surface area contributed by atoms with Crippen LogP contribution in [0.25, 0.3) is 0 Å². The zero-order valence-corrected chi connectivity index (χ0v) is 11.3. The Labute approximate surface area is 110 Å². The summed E-state index contributed by atoms with van der Waals surface area (Å²) in [6.07, 6.45) is 4.11. The van der Waals surface area contributed by atoms with Gasteiger partial charge in [-0.3, -0.25) is 0 Å². The van der Waals surface area contributed by atoms with Crippen LogP contribution in [-0.2, 0) is 0 Å². The van der Waals surface area contributed by atoms with Crippen LogP contribution in [0.1, 0.15) is 26.2 Å².